The molecule has 1 atom stereocenters. The molecule has 0 aliphatic heterocycles. The number of anilines is 1. The third-order valence-electron chi connectivity index (χ3n) is 4.44. The maximum Gasteiger partial charge on any atom is 0.179 e. The molecule has 2 aromatic heterocycles. The molecule has 0 saturated heterocycles. The van der Waals surface area contributed by atoms with Gasteiger partial charge in [-0.1, -0.05) is 65.3 Å². The van der Waals surface area contributed by atoms with Crippen LogP contribution in [0.25, 0.3) is 11.0 Å². The zero-order valence-electron chi connectivity index (χ0n) is 15.2. The van der Waals surface area contributed by atoms with E-state index in [0.717, 1.165) is 6.42 Å². The van der Waals surface area contributed by atoms with Crippen LogP contribution in [-0.2, 0) is 13.0 Å². The summed E-state index contributed by atoms with van der Waals surface area (Å²) in [6.07, 6.45) is 0.815. The molecular weight excluding hydrogens is 379 g/mol. The van der Waals surface area contributed by atoms with Crippen molar-refractivity contribution in [3.8, 4) is 0 Å². The minimum absolute atomic E-state index is 0.0952. The molecule has 0 radical (unpaired) electrons. The molecular formula is C20H18ClFN6. The third-order valence-corrected chi connectivity index (χ3v) is 4.69. The van der Waals surface area contributed by atoms with Crippen LogP contribution in [-0.4, -0.2) is 31.2 Å². The zero-order valence-corrected chi connectivity index (χ0v) is 15.9. The Morgan fingerprint density at radius 1 is 1.04 bits per heavy atom. The highest BCUT2D eigenvalue weighted by molar-refractivity contribution is 6.33. The summed E-state index contributed by atoms with van der Waals surface area (Å²) < 4.78 is 15.5. The Kier molecular flexibility index (Phi) is 5.16. The Balaban J connectivity index is 1.61. The van der Waals surface area contributed by atoms with E-state index in [1.54, 1.807) is 18.2 Å². The average molecular weight is 397 g/mol. The molecule has 0 aliphatic carbocycles. The van der Waals surface area contributed by atoms with Gasteiger partial charge in [0.1, 0.15) is 11.3 Å². The Bertz CT molecular complexity index is 1100. The Morgan fingerprint density at radius 3 is 2.57 bits per heavy atom. The lowest BCUT2D eigenvalue weighted by Gasteiger charge is -2.14. The van der Waals surface area contributed by atoms with Crippen LogP contribution in [0, 0.1) is 5.82 Å². The van der Waals surface area contributed by atoms with E-state index in [-0.39, 0.29) is 23.6 Å². The van der Waals surface area contributed by atoms with Gasteiger partial charge in [-0.05, 0) is 25.0 Å². The number of fused-ring (bicyclic) bond motifs is 1. The molecule has 0 spiro atoms. The predicted molar refractivity (Wildman–Crippen MR) is 107 cm³/mol. The first kappa shape index (κ1) is 18.3. The van der Waals surface area contributed by atoms with Crippen LogP contribution in [0.5, 0.6) is 0 Å². The van der Waals surface area contributed by atoms with Crippen molar-refractivity contribution in [1.29, 1.82) is 0 Å². The number of hydrogen-bond acceptors (Lipinski definition) is 5. The van der Waals surface area contributed by atoms with Crippen molar-refractivity contribution >= 4 is 28.5 Å². The van der Waals surface area contributed by atoms with Gasteiger partial charge >= 0.3 is 0 Å². The first-order valence-corrected chi connectivity index (χ1v) is 9.29. The molecule has 2 aromatic carbocycles. The van der Waals surface area contributed by atoms with Crippen LogP contribution >= 0.6 is 11.6 Å². The van der Waals surface area contributed by atoms with Gasteiger partial charge in [0.2, 0.25) is 0 Å². The number of halogens is 2. The molecule has 0 aliphatic rings. The zero-order chi connectivity index (χ0) is 19.5. The van der Waals surface area contributed by atoms with Gasteiger partial charge in [-0.15, -0.1) is 15.3 Å². The highest BCUT2D eigenvalue weighted by Crippen LogP contribution is 2.25. The van der Waals surface area contributed by atoms with Gasteiger partial charge in [0.05, 0.1) is 6.54 Å². The molecule has 1 unspecified atom stereocenters. The van der Waals surface area contributed by atoms with Crippen molar-refractivity contribution < 1.29 is 4.39 Å². The van der Waals surface area contributed by atoms with Gasteiger partial charge in [-0.25, -0.2) is 9.07 Å². The van der Waals surface area contributed by atoms with Gasteiger partial charge in [0, 0.05) is 11.6 Å². The standard InChI is InChI=1S/C20H18ClFN6/c1-13(11-14-7-3-2-4-8-14)23-20-17-18(19(21)25-26-20)28(27-24-17)12-15-9-5-6-10-16(15)22/h2-10,13H,11-12H2,1H3,(H,23,26). The first-order valence-electron chi connectivity index (χ1n) is 8.91. The van der Waals surface area contributed by atoms with Crippen LogP contribution in [0.4, 0.5) is 10.2 Å². The number of nitrogens with zero attached hydrogens (tertiary/aromatic N) is 5. The number of rotatable bonds is 6. The summed E-state index contributed by atoms with van der Waals surface area (Å²) in [5.74, 6) is 0.196. The van der Waals surface area contributed by atoms with Crippen molar-refractivity contribution in [3.63, 3.8) is 0 Å². The Hall–Kier alpha value is -3.06. The van der Waals surface area contributed by atoms with Gasteiger partial charge in [-0.2, -0.15) is 0 Å². The monoisotopic (exact) mass is 396 g/mol. The SMILES string of the molecule is CC(Cc1ccccc1)Nc1nnc(Cl)c2c1nnn2Cc1ccccc1F. The summed E-state index contributed by atoms with van der Waals surface area (Å²) in [6.45, 7) is 2.26. The fourth-order valence-corrected chi connectivity index (χ4v) is 3.34. The molecule has 28 heavy (non-hydrogen) atoms. The van der Waals surface area contributed by atoms with Crippen LogP contribution in [0.15, 0.2) is 54.6 Å². The number of nitrogens with one attached hydrogen (secondary N) is 1. The maximum atomic E-state index is 14.0. The second-order valence-electron chi connectivity index (χ2n) is 6.61. The minimum Gasteiger partial charge on any atom is -0.364 e. The lowest BCUT2D eigenvalue weighted by atomic mass is 10.1. The van der Waals surface area contributed by atoms with Gasteiger partial charge in [-0.3, -0.25) is 0 Å². The lowest BCUT2D eigenvalue weighted by molar-refractivity contribution is 0.583. The van der Waals surface area contributed by atoms with Crippen molar-refractivity contribution in [3.05, 3.63) is 76.7 Å². The molecule has 0 saturated carbocycles. The molecule has 4 rings (SSSR count). The number of aromatic nitrogens is 5. The van der Waals surface area contributed by atoms with Crippen LogP contribution in [0.3, 0.4) is 0 Å². The summed E-state index contributed by atoms with van der Waals surface area (Å²) in [4.78, 5) is 0. The van der Waals surface area contributed by atoms with E-state index in [0.29, 0.717) is 22.4 Å². The van der Waals surface area contributed by atoms with Gasteiger partial charge < -0.3 is 5.32 Å². The van der Waals surface area contributed by atoms with Crippen molar-refractivity contribution in [2.75, 3.05) is 5.32 Å². The van der Waals surface area contributed by atoms with Crippen molar-refractivity contribution in [2.24, 2.45) is 0 Å². The number of hydrogen-bond donors (Lipinski definition) is 1. The Morgan fingerprint density at radius 2 is 1.79 bits per heavy atom. The van der Waals surface area contributed by atoms with Crippen molar-refractivity contribution in [1.82, 2.24) is 25.2 Å². The second kappa shape index (κ2) is 7.90. The van der Waals surface area contributed by atoms with Gasteiger partial charge in [0.15, 0.2) is 16.5 Å². The van der Waals surface area contributed by atoms with E-state index in [4.69, 9.17) is 11.6 Å². The van der Waals surface area contributed by atoms with Gasteiger partial charge in [0.25, 0.3) is 0 Å². The largest absolute Gasteiger partial charge is 0.364 e. The maximum absolute atomic E-state index is 14.0. The molecule has 6 nitrogen and oxygen atoms in total. The summed E-state index contributed by atoms with van der Waals surface area (Å²) in [7, 11) is 0. The molecule has 1 N–H and O–H groups in total. The van der Waals surface area contributed by atoms with E-state index >= 15 is 0 Å². The number of benzene rings is 2. The van der Waals surface area contributed by atoms with E-state index < -0.39 is 0 Å². The van der Waals surface area contributed by atoms with E-state index in [2.05, 4.69) is 44.9 Å². The fraction of sp³-hybridized carbons (Fsp3) is 0.200. The third kappa shape index (κ3) is 3.80. The predicted octanol–water partition coefficient (Wildman–Crippen LogP) is 4.11. The van der Waals surface area contributed by atoms with E-state index in [1.165, 1.54) is 16.3 Å². The molecule has 0 bridgehead atoms. The topological polar surface area (TPSA) is 68.5 Å². The minimum atomic E-state index is -0.306. The smallest absolute Gasteiger partial charge is 0.179 e. The molecule has 8 heteroatoms. The first-order chi connectivity index (χ1) is 13.6. The summed E-state index contributed by atoms with van der Waals surface area (Å²) >= 11 is 6.25. The fourth-order valence-electron chi connectivity index (χ4n) is 3.11. The highest BCUT2D eigenvalue weighted by Gasteiger charge is 2.18. The van der Waals surface area contributed by atoms with Crippen molar-refractivity contribution in [2.45, 2.75) is 25.9 Å². The molecule has 0 fully saturated rings. The summed E-state index contributed by atoms with van der Waals surface area (Å²) in [5, 5.41) is 20.0. The van der Waals surface area contributed by atoms with Crippen LogP contribution < -0.4 is 5.32 Å². The molecule has 0 amide bonds. The molecule has 4 aromatic rings. The van der Waals surface area contributed by atoms with E-state index in [1.807, 2.05) is 18.2 Å². The lowest BCUT2D eigenvalue weighted by Crippen LogP contribution is -2.19. The average Bonchev–Trinajstić information content (AvgIpc) is 3.11. The molecule has 142 valence electrons. The normalized spacial score (nSPS) is 12.2. The molecule has 2 heterocycles. The van der Waals surface area contributed by atoms with Crippen LogP contribution in [0.1, 0.15) is 18.1 Å². The highest BCUT2D eigenvalue weighted by atomic mass is 35.5. The van der Waals surface area contributed by atoms with E-state index in [9.17, 15) is 4.39 Å². The Labute approximate surface area is 166 Å². The van der Waals surface area contributed by atoms with Crippen LogP contribution in [0.2, 0.25) is 5.15 Å². The second-order valence-corrected chi connectivity index (χ2v) is 6.97. The summed E-state index contributed by atoms with van der Waals surface area (Å²) in [6, 6.07) is 16.8. The summed E-state index contributed by atoms with van der Waals surface area (Å²) in [5.41, 5.74) is 2.74. The quantitative estimate of drug-likeness (QED) is 0.531.